The van der Waals surface area contributed by atoms with Crippen molar-refractivity contribution in [2.45, 2.75) is 25.8 Å². The number of anilines is 1. The highest BCUT2D eigenvalue weighted by Gasteiger charge is 2.13. The highest BCUT2D eigenvalue weighted by atomic mass is 19.2. The molecule has 0 bridgehead atoms. The quantitative estimate of drug-likeness (QED) is 0.828. The van der Waals surface area contributed by atoms with Gasteiger partial charge in [0.25, 0.3) is 0 Å². The van der Waals surface area contributed by atoms with Crippen molar-refractivity contribution in [2.24, 2.45) is 5.73 Å². The van der Waals surface area contributed by atoms with E-state index in [9.17, 15) is 13.6 Å². The maximum atomic E-state index is 12.8. The minimum absolute atomic E-state index is 0.204. The van der Waals surface area contributed by atoms with Gasteiger partial charge in [0.15, 0.2) is 11.6 Å². The van der Waals surface area contributed by atoms with Crippen molar-refractivity contribution < 1.29 is 13.6 Å². The Morgan fingerprint density at radius 2 is 2.12 bits per heavy atom. The molecule has 0 aliphatic heterocycles. The van der Waals surface area contributed by atoms with E-state index in [-0.39, 0.29) is 5.69 Å². The number of nitrogens with two attached hydrogens (primary N) is 1. The molecular formula is C11H14F2N2O. The van der Waals surface area contributed by atoms with Crippen LogP contribution in [0.3, 0.4) is 0 Å². The number of nitrogens with one attached hydrogen (secondary N) is 1. The zero-order valence-electron chi connectivity index (χ0n) is 8.97. The van der Waals surface area contributed by atoms with Crippen molar-refractivity contribution >= 4 is 11.6 Å². The number of amides is 1. The summed E-state index contributed by atoms with van der Waals surface area (Å²) in [5, 5.41) is 2.42. The van der Waals surface area contributed by atoms with E-state index in [1.807, 2.05) is 6.92 Å². The second kappa shape index (κ2) is 5.55. The van der Waals surface area contributed by atoms with Crippen LogP contribution in [0.5, 0.6) is 0 Å². The molecule has 0 unspecified atom stereocenters. The fourth-order valence-electron chi connectivity index (χ4n) is 1.25. The molecule has 0 fully saturated rings. The van der Waals surface area contributed by atoms with Crippen LogP contribution in [0.2, 0.25) is 0 Å². The van der Waals surface area contributed by atoms with Crippen LogP contribution < -0.4 is 11.1 Å². The molecule has 5 heteroatoms. The lowest BCUT2D eigenvalue weighted by Crippen LogP contribution is -2.35. The molecule has 0 saturated carbocycles. The Labute approximate surface area is 92.6 Å². The van der Waals surface area contributed by atoms with Crippen LogP contribution in [0.1, 0.15) is 19.8 Å². The van der Waals surface area contributed by atoms with Crippen molar-refractivity contribution in [2.75, 3.05) is 5.32 Å². The topological polar surface area (TPSA) is 55.1 Å². The van der Waals surface area contributed by atoms with Crippen LogP contribution in [-0.4, -0.2) is 11.9 Å². The maximum Gasteiger partial charge on any atom is 0.241 e. The molecule has 0 aliphatic rings. The number of benzene rings is 1. The molecule has 3 N–H and O–H groups in total. The molecule has 88 valence electrons. The molecule has 0 heterocycles. The van der Waals surface area contributed by atoms with Gasteiger partial charge in [-0.05, 0) is 18.6 Å². The van der Waals surface area contributed by atoms with Gasteiger partial charge in [0.2, 0.25) is 5.91 Å². The zero-order valence-corrected chi connectivity index (χ0v) is 8.97. The van der Waals surface area contributed by atoms with Gasteiger partial charge >= 0.3 is 0 Å². The average Bonchev–Trinajstić information content (AvgIpc) is 2.24. The van der Waals surface area contributed by atoms with Gasteiger partial charge in [-0.1, -0.05) is 13.3 Å². The SMILES string of the molecule is CCC[C@@H](N)C(=O)Nc1ccc(F)c(F)c1. The van der Waals surface area contributed by atoms with E-state index in [2.05, 4.69) is 5.32 Å². The van der Waals surface area contributed by atoms with E-state index in [1.165, 1.54) is 6.07 Å². The van der Waals surface area contributed by atoms with Crippen LogP contribution in [0.15, 0.2) is 18.2 Å². The summed E-state index contributed by atoms with van der Waals surface area (Å²) in [5.74, 6) is -2.34. The molecule has 0 spiro atoms. The summed E-state index contributed by atoms with van der Waals surface area (Å²) in [4.78, 5) is 11.4. The van der Waals surface area contributed by atoms with Crippen molar-refractivity contribution in [3.63, 3.8) is 0 Å². The first kappa shape index (κ1) is 12.6. The van der Waals surface area contributed by atoms with Gasteiger partial charge < -0.3 is 11.1 Å². The molecule has 3 nitrogen and oxygen atoms in total. The number of rotatable bonds is 4. The fourth-order valence-corrected chi connectivity index (χ4v) is 1.25. The van der Waals surface area contributed by atoms with Gasteiger partial charge in [0.1, 0.15) is 0 Å². The first-order valence-electron chi connectivity index (χ1n) is 5.06. The minimum Gasteiger partial charge on any atom is -0.325 e. The largest absolute Gasteiger partial charge is 0.325 e. The summed E-state index contributed by atoms with van der Waals surface area (Å²) < 4.78 is 25.4. The molecule has 0 aliphatic carbocycles. The third-order valence-electron chi connectivity index (χ3n) is 2.12. The van der Waals surface area contributed by atoms with Crippen LogP contribution >= 0.6 is 0 Å². The van der Waals surface area contributed by atoms with E-state index in [0.717, 1.165) is 18.6 Å². The van der Waals surface area contributed by atoms with Crippen LogP contribution in [0, 0.1) is 11.6 Å². The molecule has 0 aromatic heterocycles. The third-order valence-corrected chi connectivity index (χ3v) is 2.12. The Morgan fingerprint density at radius 3 is 2.69 bits per heavy atom. The third kappa shape index (κ3) is 3.27. The summed E-state index contributed by atoms with van der Waals surface area (Å²) >= 11 is 0. The second-order valence-corrected chi connectivity index (χ2v) is 3.51. The van der Waals surface area contributed by atoms with E-state index in [4.69, 9.17) is 5.73 Å². The van der Waals surface area contributed by atoms with Gasteiger partial charge in [0.05, 0.1) is 6.04 Å². The van der Waals surface area contributed by atoms with Gasteiger partial charge in [-0.3, -0.25) is 4.79 Å². The molecular weight excluding hydrogens is 214 g/mol. The van der Waals surface area contributed by atoms with E-state index in [0.29, 0.717) is 6.42 Å². The second-order valence-electron chi connectivity index (χ2n) is 3.51. The van der Waals surface area contributed by atoms with Crippen molar-refractivity contribution in [1.82, 2.24) is 0 Å². The van der Waals surface area contributed by atoms with Gasteiger partial charge in [0, 0.05) is 11.8 Å². The number of hydrogen-bond donors (Lipinski definition) is 2. The molecule has 1 amide bonds. The fraction of sp³-hybridized carbons (Fsp3) is 0.364. The smallest absolute Gasteiger partial charge is 0.241 e. The number of carbonyl (C=O) groups is 1. The minimum atomic E-state index is -0.998. The monoisotopic (exact) mass is 228 g/mol. The first-order chi connectivity index (χ1) is 7.54. The Balaban J connectivity index is 2.66. The Morgan fingerprint density at radius 1 is 1.44 bits per heavy atom. The molecule has 1 atom stereocenters. The van der Waals surface area contributed by atoms with E-state index in [1.54, 1.807) is 0 Å². The molecule has 0 saturated heterocycles. The highest BCUT2D eigenvalue weighted by Crippen LogP contribution is 2.13. The van der Waals surface area contributed by atoms with Crippen molar-refractivity contribution in [3.8, 4) is 0 Å². The molecule has 1 aromatic carbocycles. The molecule has 16 heavy (non-hydrogen) atoms. The summed E-state index contributed by atoms with van der Waals surface area (Å²) in [6.45, 7) is 1.91. The lowest BCUT2D eigenvalue weighted by molar-refractivity contribution is -0.117. The van der Waals surface area contributed by atoms with Gasteiger partial charge in [-0.15, -0.1) is 0 Å². The van der Waals surface area contributed by atoms with E-state index < -0.39 is 23.6 Å². The Kier molecular flexibility index (Phi) is 4.37. The number of hydrogen-bond acceptors (Lipinski definition) is 2. The summed E-state index contributed by atoms with van der Waals surface area (Å²) in [6.07, 6.45) is 1.34. The lowest BCUT2D eigenvalue weighted by atomic mass is 10.1. The van der Waals surface area contributed by atoms with Crippen LogP contribution in [0.25, 0.3) is 0 Å². The summed E-state index contributed by atoms with van der Waals surface area (Å²) in [5.41, 5.74) is 5.77. The number of carbonyl (C=O) groups excluding carboxylic acids is 1. The first-order valence-corrected chi connectivity index (χ1v) is 5.06. The molecule has 0 radical (unpaired) electrons. The van der Waals surface area contributed by atoms with Crippen LogP contribution in [-0.2, 0) is 4.79 Å². The Bertz CT molecular complexity index is 382. The Hall–Kier alpha value is -1.49. The van der Waals surface area contributed by atoms with E-state index >= 15 is 0 Å². The van der Waals surface area contributed by atoms with Gasteiger partial charge in [-0.25, -0.2) is 8.78 Å². The molecule has 1 rings (SSSR count). The normalized spacial score (nSPS) is 12.2. The summed E-state index contributed by atoms with van der Waals surface area (Å²) in [7, 11) is 0. The lowest BCUT2D eigenvalue weighted by Gasteiger charge is -2.11. The predicted octanol–water partition coefficient (Wildman–Crippen LogP) is 2.03. The van der Waals surface area contributed by atoms with Crippen molar-refractivity contribution in [1.29, 1.82) is 0 Å². The zero-order chi connectivity index (χ0) is 12.1. The maximum absolute atomic E-state index is 12.8. The standard InChI is InChI=1S/C11H14F2N2O/c1-2-3-10(14)11(16)15-7-4-5-8(12)9(13)6-7/h4-6,10H,2-3,14H2,1H3,(H,15,16)/t10-/m1/s1. The molecule has 1 aromatic rings. The average molecular weight is 228 g/mol. The summed E-state index contributed by atoms with van der Waals surface area (Å²) in [6, 6.07) is 2.54. The predicted molar refractivity (Wildman–Crippen MR) is 57.9 cm³/mol. The highest BCUT2D eigenvalue weighted by molar-refractivity contribution is 5.94. The van der Waals surface area contributed by atoms with Crippen LogP contribution in [0.4, 0.5) is 14.5 Å². The van der Waals surface area contributed by atoms with Crippen molar-refractivity contribution in [3.05, 3.63) is 29.8 Å². The van der Waals surface area contributed by atoms with Gasteiger partial charge in [-0.2, -0.15) is 0 Å². The number of halogens is 2.